The minimum absolute atomic E-state index is 0.0546. The van der Waals surface area contributed by atoms with Crippen molar-refractivity contribution in [1.29, 1.82) is 0 Å². The molecule has 0 amide bonds. The first kappa shape index (κ1) is 15.5. The minimum atomic E-state index is -3.65. The van der Waals surface area contributed by atoms with Crippen molar-refractivity contribution in [2.45, 2.75) is 24.2 Å². The maximum Gasteiger partial charge on any atom is 0.266 e. The molecule has 1 heterocycles. The van der Waals surface area contributed by atoms with E-state index in [2.05, 4.69) is 9.71 Å². The van der Waals surface area contributed by atoms with Crippen LogP contribution < -0.4 is 10.3 Å². The number of halogens is 1. The smallest absolute Gasteiger partial charge is 0.266 e. The molecule has 20 heavy (non-hydrogen) atoms. The van der Waals surface area contributed by atoms with Gasteiger partial charge >= 0.3 is 0 Å². The molecule has 0 saturated heterocycles. The van der Waals surface area contributed by atoms with Gasteiger partial charge in [0.15, 0.2) is 0 Å². The molecule has 1 aromatic rings. The van der Waals surface area contributed by atoms with Gasteiger partial charge < -0.3 is 9.72 Å². The molecular weight excluding hydrogens is 304 g/mol. The lowest BCUT2D eigenvalue weighted by molar-refractivity contribution is 0.123. The van der Waals surface area contributed by atoms with Crippen molar-refractivity contribution in [2.75, 3.05) is 19.8 Å². The molecule has 6 nitrogen and oxygen atoms in total. The Morgan fingerprint density at radius 1 is 1.45 bits per heavy atom. The molecule has 0 unspecified atom stereocenters. The van der Waals surface area contributed by atoms with E-state index < -0.39 is 15.6 Å². The lowest BCUT2D eigenvalue weighted by atomic mass is 10.4. The Kier molecular flexibility index (Phi) is 5.20. The second-order valence-corrected chi connectivity index (χ2v) is 6.96. The van der Waals surface area contributed by atoms with E-state index in [1.54, 1.807) is 0 Å². The van der Waals surface area contributed by atoms with E-state index in [0.29, 0.717) is 18.9 Å². The van der Waals surface area contributed by atoms with Gasteiger partial charge in [-0.2, -0.15) is 0 Å². The van der Waals surface area contributed by atoms with Gasteiger partial charge in [-0.05, 0) is 31.2 Å². The molecule has 1 aliphatic carbocycles. The number of aromatic nitrogens is 1. The van der Waals surface area contributed by atoms with Gasteiger partial charge in [0, 0.05) is 26.0 Å². The van der Waals surface area contributed by atoms with Crippen LogP contribution in [-0.2, 0) is 14.8 Å². The van der Waals surface area contributed by atoms with E-state index in [9.17, 15) is 13.2 Å². The van der Waals surface area contributed by atoms with Crippen LogP contribution in [0, 0.1) is 5.92 Å². The third-order valence-electron chi connectivity index (χ3n) is 2.95. The van der Waals surface area contributed by atoms with Crippen LogP contribution in [0.3, 0.4) is 0 Å². The summed E-state index contributed by atoms with van der Waals surface area (Å²) in [5.74, 6) is 0.704. The predicted octanol–water partition coefficient (Wildman–Crippen LogP) is 1.12. The van der Waals surface area contributed by atoms with Crippen LogP contribution in [0.5, 0.6) is 0 Å². The topological polar surface area (TPSA) is 88.3 Å². The molecule has 1 fully saturated rings. The number of aromatic amines is 1. The molecule has 0 bridgehead atoms. The summed E-state index contributed by atoms with van der Waals surface area (Å²) in [4.78, 5) is 13.3. The van der Waals surface area contributed by atoms with Crippen LogP contribution in [0.2, 0.25) is 5.02 Å². The van der Waals surface area contributed by atoms with Crippen molar-refractivity contribution in [2.24, 2.45) is 5.92 Å². The van der Waals surface area contributed by atoms with Crippen LogP contribution in [-0.4, -0.2) is 33.2 Å². The summed E-state index contributed by atoms with van der Waals surface area (Å²) in [6, 6.07) is 1.13. The second-order valence-electron chi connectivity index (χ2n) is 4.78. The Morgan fingerprint density at radius 2 is 2.20 bits per heavy atom. The highest BCUT2D eigenvalue weighted by Crippen LogP contribution is 2.28. The maximum absolute atomic E-state index is 11.9. The average Bonchev–Trinajstić information content (AvgIpc) is 3.21. The molecule has 0 aliphatic heterocycles. The maximum atomic E-state index is 11.9. The zero-order valence-electron chi connectivity index (χ0n) is 10.9. The molecule has 0 radical (unpaired) electrons. The highest BCUT2D eigenvalue weighted by Gasteiger charge is 2.21. The van der Waals surface area contributed by atoms with E-state index >= 15 is 0 Å². The van der Waals surface area contributed by atoms with Gasteiger partial charge in [0.2, 0.25) is 10.0 Å². The number of hydrogen-bond acceptors (Lipinski definition) is 4. The lowest BCUT2D eigenvalue weighted by Crippen LogP contribution is -2.26. The zero-order chi connectivity index (χ0) is 14.6. The SMILES string of the molecule is O=c1[nH]cc(S(=O)(=O)NCCCOCC2CC2)cc1Cl. The largest absolute Gasteiger partial charge is 0.381 e. The number of rotatable bonds is 8. The molecule has 1 saturated carbocycles. The summed E-state index contributed by atoms with van der Waals surface area (Å²) in [5, 5.41) is -0.152. The third-order valence-corrected chi connectivity index (χ3v) is 4.67. The van der Waals surface area contributed by atoms with Crippen LogP contribution in [0.1, 0.15) is 19.3 Å². The monoisotopic (exact) mass is 320 g/mol. The van der Waals surface area contributed by atoms with Crippen LogP contribution in [0.4, 0.5) is 0 Å². The molecule has 0 atom stereocenters. The Bertz CT molecular complexity index is 610. The molecule has 1 aromatic heterocycles. The number of ether oxygens (including phenoxy) is 1. The van der Waals surface area contributed by atoms with Gasteiger partial charge in [-0.15, -0.1) is 0 Å². The highest BCUT2D eigenvalue weighted by molar-refractivity contribution is 7.89. The number of pyridine rings is 1. The predicted molar refractivity (Wildman–Crippen MR) is 75.4 cm³/mol. The Hall–Kier alpha value is -0.890. The standard InChI is InChI=1S/C12H17ClN2O4S/c13-11-6-10(7-14-12(11)16)20(17,18)15-4-1-5-19-8-9-2-3-9/h6-7,9,15H,1-5,8H2,(H,14,16). The van der Waals surface area contributed by atoms with Gasteiger partial charge in [-0.1, -0.05) is 11.6 Å². The van der Waals surface area contributed by atoms with Crippen LogP contribution in [0.15, 0.2) is 22.0 Å². The van der Waals surface area contributed by atoms with Gasteiger partial charge in [-0.25, -0.2) is 13.1 Å². The number of sulfonamides is 1. The fourth-order valence-corrected chi connectivity index (χ4v) is 2.90. The molecule has 112 valence electrons. The summed E-state index contributed by atoms with van der Waals surface area (Å²) in [6.07, 6.45) is 4.20. The highest BCUT2D eigenvalue weighted by atomic mass is 35.5. The number of hydrogen-bond donors (Lipinski definition) is 2. The van der Waals surface area contributed by atoms with Gasteiger partial charge in [-0.3, -0.25) is 4.79 Å². The van der Waals surface area contributed by atoms with E-state index in [4.69, 9.17) is 16.3 Å². The molecule has 8 heteroatoms. The van der Waals surface area contributed by atoms with E-state index in [1.165, 1.54) is 12.8 Å². The van der Waals surface area contributed by atoms with Crippen molar-refractivity contribution in [1.82, 2.24) is 9.71 Å². The summed E-state index contributed by atoms with van der Waals surface area (Å²) in [7, 11) is -3.65. The van der Waals surface area contributed by atoms with Crippen molar-refractivity contribution < 1.29 is 13.2 Å². The normalized spacial score (nSPS) is 15.4. The molecule has 2 rings (SSSR count). The van der Waals surface area contributed by atoms with Crippen molar-refractivity contribution >= 4 is 21.6 Å². The zero-order valence-corrected chi connectivity index (χ0v) is 12.5. The fourth-order valence-electron chi connectivity index (χ4n) is 1.59. The minimum Gasteiger partial charge on any atom is -0.381 e. The quantitative estimate of drug-likeness (QED) is 0.703. The van der Waals surface area contributed by atoms with E-state index in [0.717, 1.165) is 18.9 Å². The summed E-state index contributed by atoms with van der Waals surface area (Å²) >= 11 is 5.60. The van der Waals surface area contributed by atoms with Crippen LogP contribution in [0.25, 0.3) is 0 Å². The third kappa shape index (κ3) is 4.59. The van der Waals surface area contributed by atoms with E-state index in [1.807, 2.05) is 0 Å². The molecule has 1 aliphatic rings. The van der Waals surface area contributed by atoms with Gasteiger partial charge in [0.1, 0.15) is 5.02 Å². The van der Waals surface area contributed by atoms with Gasteiger partial charge in [0.05, 0.1) is 4.90 Å². The van der Waals surface area contributed by atoms with Crippen molar-refractivity contribution in [3.05, 3.63) is 27.6 Å². The van der Waals surface area contributed by atoms with Gasteiger partial charge in [0.25, 0.3) is 5.56 Å². The summed E-state index contributed by atoms with van der Waals surface area (Å²) in [5.41, 5.74) is -0.515. The van der Waals surface area contributed by atoms with Crippen LogP contribution >= 0.6 is 11.6 Å². The van der Waals surface area contributed by atoms with E-state index in [-0.39, 0.29) is 16.5 Å². The van der Waals surface area contributed by atoms with Crippen molar-refractivity contribution in [3.63, 3.8) is 0 Å². The Morgan fingerprint density at radius 3 is 2.85 bits per heavy atom. The summed E-state index contributed by atoms with van der Waals surface area (Å²) < 4.78 is 31.7. The number of nitrogens with one attached hydrogen (secondary N) is 2. The molecule has 0 spiro atoms. The molecule has 0 aromatic carbocycles. The van der Waals surface area contributed by atoms with Crippen molar-refractivity contribution in [3.8, 4) is 0 Å². The Balaban J connectivity index is 1.77. The summed E-state index contributed by atoms with van der Waals surface area (Å²) in [6.45, 7) is 1.58. The Labute approximate surface area is 122 Å². The lowest BCUT2D eigenvalue weighted by Gasteiger charge is -2.07. The fraction of sp³-hybridized carbons (Fsp3) is 0.583. The number of H-pyrrole nitrogens is 1. The first-order valence-electron chi connectivity index (χ1n) is 6.45. The first-order chi connectivity index (χ1) is 9.49. The first-order valence-corrected chi connectivity index (χ1v) is 8.31. The molecule has 2 N–H and O–H groups in total. The second kappa shape index (κ2) is 6.71. The molecular formula is C12H17ClN2O4S. The average molecular weight is 321 g/mol.